The molecule has 2 fully saturated rings. The molecule has 0 amide bonds. The van der Waals surface area contributed by atoms with Gasteiger partial charge in [0.15, 0.2) is 0 Å². The lowest BCUT2D eigenvalue weighted by molar-refractivity contribution is 0.110. The number of aliphatic hydroxyl groups excluding tert-OH is 1. The van der Waals surface area contributed by atoms with Gasteiger partial charge in [0.2, 0.25) is 0 Å². The van der Waals surface area contributed by atoms with Crippen molar-refractivity contribution >= 4 is 0 Å². The molecule has 0 aliphatic heterocycles. The van der Waals surface area contributed by atoms with E-state index in [4.69, 9.17) is 0 Å². The van der Waals surface area contributed by atoms with Crippen LogP contribution in [0.4, 0.5) is 0 Å². The molecule has 94 valence electrons. The molecule has 2 rings (SSSR count). The first-order valence-corrected chi connectivity index (χ1v) is 7.01. The topological polar surface area (TPSA) is 32.3 Å². The van der Waals surface area contributed by atoms with E-state index >= 15 is 0 Å². The van der Waals surface area contributed by atoms with Crippen LogP contribution in [0.2, 0.25) is 0 Å². The van der Waals surface area contributed by atoms with Gasteiger partial charge in [0.05, 0.1) is 0 Å². The highest BCUT2D eigenvalue weighted by atomic mass is 16.3. The zero-order chi connectivity index (χ0) is 11.6. The van der Waals surface area contributed by atoms with E-state index in [0.717, 1.165) is 5.92 Å². The highest BCUT2D eigenvalue weighted by molar-refractivity contribution is 4.94. The van der Waals surface area contributed by atoms with Gasteiger partial charge in [0.1, 0.15) is 0 Å². The third-order valence-corrected chi connectivity index (χ3v) is 4.84. The van der Waals surface area contributed by atoms with Crippen molar-refractivity contribution in [2.24, 2.45) is 11.3 Å². The Kier molecular flexibility index (Phi) is 3.91. The lowest BCUT2D eigenvalue weighted by atomic mass is 9.80. The quantitative estimate of drug-likeness (QED) is 0.754. The molecule has 2 aliphatic rings. The van der Waals surface area contributed by atoms with Gasteiger partial charge in [-0.25, -0.2) is 0 Å². The summed E-state index contributed by atoms with van der Waals surface area (Å²) in [5.74, 6) is 0.976. The average Bonchev–Trinajstić information content (AvgIpc) is 2.55. The summed E-state index contributed by atoms with van der Waals surface area (Å²) in [5.41, 5.74) is 0.133. The van der Waals surface area contributed by atoms with Crippen molar-refractivity contribution in [3.8, 4) is 0 Å². The Labute approximate surface area is 99.8 Å². The molecule has 0 aromatic heterocycles. The molecule has 0 spiro atoms. The van der Waals surface area contributed by atoms with Gasteiger partial charge >= 0.3 is 0 Å². The number of hydrogen-bond donors (Lipinski definition) is 2. The van der Waals surface area contributed by atoms with Crippen molar-refractivity contribution < 1.29 is 5.11 Å². The molecule has 2 aliphatic carbocycles. The van der Waals surface area contributed by atoms with E-state index in [1.165, 1.54) is 44.9 Å². The molecule has 0 radical (unpaired) electrons. The van der Waals surface area contributed by atoms with Crippen LogP contribution in [-0.2, 0) is 0 Å². The van der Waals surface area contributed by atoms with Gasteiger partial charge in [-0.3, -0.25) is 0 Å². The molecule has 0 bridgehead atoms. The van der Waals surface area contributed by atoms with Crippen LogP contribution in [0.1, 0.15) is 58.8 Å². The van der Waals surface area contributed by atoms with Crippen LogP contribution >= 0.6 is 0 Å². The molecule has 2 nitrogen and oxygen atoms in total. The predicted molar refractivity (Wildman–Crippen MR) is 67.4 cm³/mol. The second-order valence-electron chi connectivity index (χ2n) is 6.36. The monoisotopic (exact) mass is 225 g/mol. The smallest absolute Gasteiger partial charge is 0.0499 e. The van der Waals surface area contributed by atoms with Gasteiger partial charge in [0.25, 0.3) is 0 Å². The van der Waals surface area contributed by atoms with Crippen molar-refractivity contribution in [3.05, 3.63) is 0 Å². The van der Waals surface area contributed by atoms with Crippen molar-refractivity contribution in [1.29, 1.82) is 0 Å². The summed E-state index contributed by atoms with van der Waals surface area (Å²) in [6.45, 7) is 4.88. The lowest BCUT2D eigenvalue weighted by Gasteiger charge is -2.35. The van der Waals surface area contributed by atoms with Crippen molar-refractivity contribution in [2.45, 2.75) is 70.9 Å². The number of aliphatic hydroxyl groups is 1. The van der Waals surface area contributed by atoms with E-state index in [0.29, 0.717) is 18.7 Å². The van der Waals surface area contributed by atoms with Crippen LogP contribution < -0.4 is 5.32 Å². The van der Waals surface area contributed by atoms with E-state index in [2.05, 4.69) is 19.2 Å². The van der Waals surface area contributed by atoms with Gasteiger partial charge < -0.3 is 10.4 Å². The maximum Gasteiger partial charge on any atom is 0.0499 e. The average molecular weight is 225 g/mol. The van der Waals surface area contributed by atoms with E-state index in [1.54, 1.807) is 0 Å². The Balaban J connectivity index is 1.78. The second-order valence-corrected chi connectivity index (χ2v) is 6.36. The van der Waals surface area contributed by atoms with Gasteiger partial charge in [-0.15, -0.1) is 0 Å². The third kappa shape index (κ3) is 2.60. The van der Waals surface area contributed by atoms with E-state index in [-0.39, 0.29) is 5.41 Å². The van der Waals surface area contributed by atoms with Gasteiger partial charge in [-0.05, 0) is 32.1 Å². The predicted octanol–water partition coefficient (Wildman–Crippen LogP) is 2.71. The van der Waals surface area contributed by atoms with Crippen LogP contribution in [-0.4, -0.2) is 23.8 Å². The summed E-state index contributed by atoms with van der Waals surface area (Å²) in [5, 5.41) is 13.3. The zero-order valence-corrected chi connectivity index (χ0v) is 10.8. The maximum absolute atomic E-state index is 9.51. The Hall–Kier alpha value is -0.0800. The van der Waals surface area contributed by atoms with Crippen LogP contribution in [0.25, 0.3) is 0 Å². The molecule has 2 N–H and O–H groups in total. The summed E-state index contributed by atoms with van der Waals surface area (Å²) in [6, 6.07) is 1.16. The molecule has 0 heterocycles. The van der Waals surface area contributed by atoms with Crippen molar-refractivity contribution in [3.63, 3.8) is 0 Å². The first kappa shape index (κ1) is 12.4. The minimum absolute atomic E-state index is 0.133. The lowest BCUT2D eigenvalue weighted by Crippen LogP contribution is -2.46. The largest absolute Gasteiger partial charge is 0.396 e. The molecule has 16 heavy (non-hydrogen) atoms. The summed E-state index contributed by atoms with van der Waals surface area (Å²) in [6.07, 6.45) is 9.34. The highest BCUT2D eigenvalue weighted by Gasteiger charge is 2.38. The molecule has 3 atom stereocenters. The molecule has 0 aromatic carbocycles. The summed E-state index contributed by atoms with van der Waals surface area (Å²) >= 11 is 0. The van der Waals surface area contributed by atoms with Crippen molar-refractivity contribution in [1.82, 2.24) is 5.32 Å². The fraction of sp³-hybridized carbons (Fsp3) is 1.00. The first-order valence-electron chi connectivity index (χ1n) is 7.01. The van der Waals surface area contributed by atoms with Crippen LogP contribution in [0.15, 0.2) is 0 Å². The van der Waals surface area contributed by atoms with E-state index in [1.807, 2.05) is 0 Å². The first-order chi connectivity index (χ1) is 7.64. The Morgan fingerprint density at radius 1 is 1.31 bits per heavy atom. The number of rotatable bonds is 5. The van der Waals surface area contributed by atoms with Gasteiger partial charge in [-0.1, -0.05) is 32.6 Å². The van der Waals surface area contributed by atoms with Gasteiger partial charge in [0, 0.05) is 24.1 Å². The molecule has 3 unspecified atom stereocenters. The maximum atomic E-state index is 9.51. The minimum Gasteiger partial charge on any atom is -0.396 e. The standard InChI is InChI=1S/C14H27NO/c1-11(9-12-5-3-6-12)15-13-7-4-8-14(13,2)10-16/h11-13,15-16H,3-10H2,1-2H3. The molecular weight excluding hydrogens is 198 g/mol. The number of hydrogen-bond acceptors (Lipinski definition) is 2. The highest BCUT2D eigenvalue weighted by Crippen LogP contribution is 2.38. The minimum atomic E-state index is 0.133. The zero-order valence-electron chi connectivity index (χ0n) is 10.8. The third-order valence-electron chi connectivity index (χ3n) is 4.84. The normalized spacial score (nSPS) is 37.3. The van der Waals surface area contributed by atoms with Crippen LogP contribution in [0.5, 0.6) is 0 Å². The summed E-state index contributed by atoms with van der Waals surface area (Å²) in [4.78, 5) is 0. The fourth-order valence-corrected chi connectivity index (χ4v) is 3.35. The van der Waals surface area contributed by atoms with E-state index in [9.17, 15) is 5.11 Å². The Morgan fingerprint density at radius 2 is 2.06 bits per heavy atom. The Morgan fingerprint density at radius 3 is 2.62 bits per heavy atom. The molecule has 2 heteroatoms. The number of nitrogens with one attached hydrogen (secondary N) is 1. The molecular formula is C14H27NO. The second kappa shape index (κ2) is 5.05. The Bertz CT molecular complexity index is 227. The molecule has 0 aromatic rings. The molecule has 0 saturated heterocycles. The van der Waals surface area contributed by atoms with Gasteiger partial charge in [-0.2, -0.15) is 0 Å². The van der Waals surface area contributed by atoms with Crippen LogP contribution in [0, 0.1) is 11.3 Å². The summed E-state index contributed by atoms with van der Waals surface area (Å²) in [7, 11) is 0. The fourth-order valence-electron chi connectivity index (χ4n) is 3.35. The SMILES string of the molecule is CC(CC1CCC1)NC1CCCC1(C)CO. The van der Waals surface area contributed by atoms with Crippen LogP contribution in [0.3, 0.4) is 0 Å². The molecule has 2 saturated carbocycles. The van der Waals surface area contributed by atoms with E-state index < -0.39 is 0 Å². The van der Waals surface area contributed by atoms with Crippen molar-refractivity contribution in [2.75, 3.05) is 6.61 Å². The summed E-state index contributed by atoms with van der Waals surface area (Å²) < 4.78 is 0.